The predicted octanol–water partition coefficient (Wildman–Crippen LogP) is -8.83. The van der Waals surface area contributed by atoms with Crippen molar-refractivity contribution in [3.8, 4) is 0 Å². The van der Waals surface area contributed by atoms with E-state index in [4.69, 9.17) is 0 Å². The van der Waals surface area contributed by atoms with E-state index in [0.717, 1.165) is 0 Å². The van der Waals surface area contributed by atoms with Gasteiger partial charge in [-0.05, 0) is 0 Å². The average Bonchev–Trinajstić information content (AvgIpc) is 0. The molecule has 4 heteroatoms. The average molecular weight is 86.0 g/mol. The van der Waals surface area contributed by atoms with E-state index in [1.165, 1.54) is 0 Å². The molecule has 0 aromatic rings. The van der Waals surface area contributed by atoms with Crippen LogP contribution in [0.2, 0.25) is 0 Å². The second-order valence-corrected chi connectivity index (χ2v) is 0. The molecular formula is H3NNa3+3. The van der Waals surface area contributed by atoms with Crippen molar-refractivity contribution in [1.82, 2.24) is 6.15 Å². The minimum absolute atomic E-state index is 0. The third-order valence-corrected chi connectivity index (χ3v) is 0. The Balaban J connectivity index is 0. The van der Waals surface area contributed by atoms with Crippen LogP contribution in [0.5, 0.6) is 0 Å². The Kier molecular flexibility index (Phi) is 118. The van der Waals surface area contributed by atoms with Crippen molar-refractivity contribution in [2.24, 2.45) is 0 Å². The van der Waals surface area contributed by atoms with Crippen molar-refractivity contribution in [2.45, 2.75) is 0 Å². The molecule has 0 bridgehead atoms. The topological polar surface area (TPSA) is 35.0 Å². The van der Waals surface area contributed by atoms with Crippen molar-refractivity contribution in [3.05, 3.63) is 0 Å². The van der Waals surface area contributed by atoms with Crippen LogP contribution in [0.25, 0.3) is 0 Å². The fourth-order valence-corrected chi connectivity index (χ4v) is 0. The second kappa shape index (κ2) is 16.7. The summed E-state index contributed by atoms with van der Waals surface area (Å²) in [6.45, 7) is 0. The maximum Gasteiger partial charge on any atom is 1.00 e. The molecule has 0 aromatic heterocycles. The van der Waals surface area contributed by atoms with Gasteiger partial charge < -0.3 is 6.15 Å². The maximum absolute atomic E-state index is 0. The molecule has 0 saturated carbocycles. The van der Waals surface area contributed by atoms with Crippen LogP contribution in [-0.4, -0.2) is 0 Å². The molecule has 1 nitrogen and oxygen atoms in total. The second-order valence-electron chi connectivity index (χ2n) is 0. The summed E-state index contributed by atoms with van der Waals surface area (Å²) in [7, 11) is 0. The Labute approximate surface area is 92.7 Å². The van der Waals surface area contributed by atoms with E-state index in [1.54, 1.807) is 0 Å². The van der Waals surface area contributed by atoms with Gasteiger partial charge in [0.25, 0.3) is 0 Å². The van der Waals surface area contributed by atoms with Gasteiger partial charge in [-0.2, -0.15) is 0 Å². The summed E-state index contributed by atoms with van der Waals surface area (Å²) in [5, 5.41) is 0. The molecule has 0 saturated heterocycles. The molecule has 8 valence electrons. The summed E-state index contributed by atoms with van der Waals surface area (Å²) < 4.78 is 0. The molecule has 0 radical (unpaired) electrons. The molecule has 0 heterocycles. The Bertz CT molecular complexity index is 3.25. The van der Waals surface area contributed by atoms with Crippen molar-refractivity contribution >= 4 is 0 Å². The third kappa shape index (κ3) is 8.88. The van der Waals surface area contributed by atoms with Gasteiger partial charge in [-0.1, -0.05) is 0 Å². The molecule has 0 amide bonds. The van der Waals surface area contributed by atoms with Gasteiger partial charge in [0.05, 0.1) is 0 Å². The van der Waals surface area contributed by atoms with E-state index in [2.05, 4.69) is 0 Å². The zero-order valence-corrected chi connectivity index (χ0v) is 9.71. The van der Waals surface area contributed by atoms with Gasteiger partial charge in [0, 0.05) is 0 Å². The summed E-state index contributed by atoms with van der Waals surface area (Å²) in [5.41, 5.74) is 0. The minimum atomic E-state index is 0. The Morgan fingerprint density at radius 3 is 0.500 bits per heavy atom. The maximum atomic E-state index is 0. The largest absolute Gasteiger partial charge is 1.00 e. The molecule has 0 aliphatic heterocycles. The van der Waals surface area contributed by atoms with E-state index in [9.17, 15) is 0 Å². The first-order chi connectivity index (χ1) is 0. The Morgan fingerprint density at radius 1 is 0.500 bits per heavy atom. The van der Waals surface area contributed by atoms with E-state index in [0.29, 0.717) is 0 Å². The van der Waals surface area contributed by atoms with Crippen molar-refractivity contribution < 1.29 is 88.7 Å². The van der Waals surface area contributed by atoms with Gasteiger partial charge in [0.15, 0.2) is 0 Å². The molecule has 0 unspecified atom stereocenters. The van der Waals surface area contributed by atoms with Gasteiger partial charge >= 0.3 is 88.7 Å². The monoisotopic (exact) mass is 86.0 g/mol. The molecule has 0 aliphatic carbocycles. The van der Waals surface area contributed by atoms with Gasteiger partial charge in [0.1, 0.15) is 0 Å². The van der Waals surface area contributed by atoms with Crippen LogP contribution in [0.1, 0.15) is 0 Å². The quantitative estimate of drug-likeness (QED) is 0.292. The SMILES string of the molecule is N.[Na+].[Na+].[Na+]. The van der Waals surface area contributed by atoms with Crippen molar-refractivity contribution in [1.29, 1.82) is 0 Å². The molecular weight excluding hydrogens is 83.0 g/mol. The smallest absolute Gasteiger partial charge is 0.344 e. The molecule has 0 aliphatic rings. The van der Waals surface area contributed by atoms with Crippen molar-refractivity contribution in [2.75, 3.05) is 0 Å². The molecule has 0 atom stereocenters. The van der Waals surface area contributed by atoms with Gasteiger partial charge in [-0.25, -0.2) is 0 Å². The van der Waals surface area contributed by atoms with E-state index >= 15 is 0 Å². The van der Waals surface area contributed by atoms with Crippen LogP contribution >= 0.6 is 0 Å². The van der Waals surface area contributed by atoms with Gasteiger partial charge in [-0.3, -0.25) is 0 Å². The molecule has 4 heavy (non-hydrogen) atoms. The number of rotatable bonds is 0. The summed E-state index contributed by atoms with van der Waals surface area (Å²) in [4.78, 5) is 0. The fourth-order valence-electron chi connectivity index (χ4n) is 0. The molecule has 0 spiro atoms. The first-order valence-electron chi connectivity index (χ1n) is 0. The van der Waals surface area contributed by atoms with Crippen LogP contribution < -0.4 is 94.8 Å². The van der Waals surface area contributed by atoms with E-state index in [1.807, 2.05) is 0 Å². The predicted molar refractivity (Wildman–Crippen MR) is 5.02 cm³/mol. The van der Waals surface area contributed by atoms with Crippen LogP contribution in [0.15, 0.2) is 0 Å². The number of hydrogen-bond acceptors (Lipinski definition) is 1. The van der Waals surface area contributed by atoms with Crippen LogP contribution in [0.4, 0.5) is 0 Å². The van der Waals surface area contributed by atoms with Crippen LogP contribution in [0, 0.1) is 0 Å². The molecule has 0 rings (SSSR count). The normalized spacial score (nSPS) is 0. The third-order valence-electron chi connectivity index (χ3n) is 0. The van der Waals surface area contributed by atoms with Crippen LogP contribution in [0.3, 0.4) is 0 Å². The zero-order chi connectivity index (χ0) is 0. The molecule has 0 aromatic carbocycles. The first-order valence-corrected chi connectivity index (χ1v) is 0. The first kappa shape index (κ1) is 28.2. The Morgan fingerprint density at radius 2 is 0.500 bits per heavy atom. The summed E-state index contributed by atoms with van der Waals surface area (Å²) >= 11 is 0. The summed E-state index contributed by atoms with van der Waals surface area (Å²) in [5.74, 6) is 0. The zero-order valence-electron chi connectivity index (χ0n) is 3.71. The number of hydrogen-bond donors (Lipinski definition) is 1. The molecule has 3 N–H and O–H groups in total. The van der Waals surface area contributed by atoms with E-state index < -0.39 is 0 Å². The van der Waals surface area contributed by atoms with Crippen molar-refractivity contribution in [3.63, 3.8) is 0 Å². The van der Waals surface area contributed by atoms with Gasteiger partial charge in [-0.15, -0.1) is 0 Å². The van der Waals surface area contributed by atoms with E-state index in [-0.39, 0.29) is 94.8 Å². The Hall–Kier alpha value is 2.96. The summed E-state index contributed by atoms with van der Waals surface area (Å²) in [6, 6.07) is 0. The standard InChI is InChI=1S/H3N.3Na/h1H3;;;/q;3*+1. The minimum Gasteiger partial charge on any atom is -0.344 e. The fraction of sp³-hybridized carbons (Fsp3) is 0. The summed E-state index contributed by atoms with van der Waals surface area (Å²) in [6.07, 6.45) is 0. The molecule has 0 fully saturated rings. The van der Waals surface area contributed by atoms with Gasteiger partial charge in [0.2, 0.25) is 0 Å². The van der Waals surface area contributed by atoms with Crippen LogP contribution in [-0.2, 0) is 0 Å².